The average Bonchev–Trinajstić information content (AvgIpc) is 3.33. The van der Waals surface area contributed by atoms with E-state index in [0.29, 0.717) is 111 Å². The quantitative estimate of drug-likeness (QED) is 0.0434. The molecular formula is C57H78O9. The van der Waals surface area contributed by atoms with Crippen LogP contribution in [0.1, 0.15) is 153 Å². The molecule has 0 spiro atoms. The fourth-order valence-corrected chi connectivity index (χ4v) is 6.60. The summed E-state index contributed by atoms with van der Waals surface area (Å²) in [5, 5.41) is 0. The third kappa shape index (κ3) is 17.3. The van der Waals surface area contributed by atoms with Gasteiger partial charge >= 0.3 is 0 Å². The minimum absolute atomic E-state index is 0.574. The maximum absolute atomic E-state index is 6.25. The maximum Gasteiger partial charge on any atom is 0.203 e. The molecule has 0 N–H and O–H groups in total. The Morgan fingerprint density at radius 3 is 0.545 bits per heavy atom. The van der Waals surface area contributed by atoms with Gasteiger partial charge < -0.3 is 42.6 Å². The topological polar surface area (TPSA) is 83.1 Å². The highest BCUT2D eigenvalue weighted by Crippen LogP contribution is 2.42. The lowest BCUT2D eigenvalue weighted by atomic mass is 10.0. The van der Waals surface area contributed by atoms with Gasteiger partial charge in [0.05, 0.1) is 59.5 Å². The summed E-state index contributed by atoms with van der Waals surface area (Å²) < 4.78 is 56.1. The van der Waals surface area contributed by atoms with Crippen molar-refractivity contribution in [3.8, 4) is 51.7 Å². The van der Waals surface area contributed by atoms with Gasteiger partial charge in [-0.2, -0.15) is 0 Å². The molecule has 0 radical (unpaired) electrons. The second-order valence-corrected chi connectivity index (χ2v) is 16.1. The van der Waals surface area contributed by atoms with Gasteiger partial charge in [-0.1, -0.05) is 98.8 Å². The molecule has 0 aliphatic carbocycles. The smallest absolute Gasteiger partial charge is 0.203 e. The van der Waals surface area contributed by atoms with E-state index >= 15 is 0 Å². The van der Waals surface area contributed by atoms with Crippen LogP contribution in [0.4, 0.5) is 0 Å². The Labute approximate surface area is 397 Å². The van der Waals surface area contributed by atoms with Gasteiger partial charge in [0.15, 0.2) is 34.5 Å². The van der Waals surface area contributed by atoms with Crippen LogP contribution >= 0.6 is 0 Å². The van der Waals surface area contributed by atoms with Gasteiger partial charge in [-0.25, -0.2) is 0 Å². The molecule has 0 fully saturated rings. The van der Waals surface area contributed by atoms with E-state index < -0.39 is 0 Å². The monoisotopic (exact) mass is 907 g/mol. The van der Waals surface area contributed by atoms with Crippen molar-refractivity contribution in [1.29, 1.82) is 0 Å². The van der Waals surface area contributed by atoms with E-state index in [1.165, 1.54) is 0 Å². The zero-order valence-corrected chi connectivity index (χ0v) is 41.6. The molecule has 4 rings (SSSR count). The Balaban J connectivity index is 1.87. The number of rotatable bonds is 33. The van der Waals surface area contributed by atoms with Crippen LogP contribution in [-0.2, 0) is 0 Å². The first kappa shape index (κ1) is 52.9. The molecular weight excluding hydrogens is 829 g/mol. The van der Waals surface area contributed by atoms with Crippen molar-refractivity contribution in [3.05, 3.63) is 88.0 Å². The van der Waals surface area contributed by atoms with E-state index in [2.05, 4.69) is 117 Å². The van der Waals surface area contributed by atoms with Crippen LogP contribution in [0.2, 0.25) is 0 Å². The second-order valence-electron chi connectivity index (χ2n) is 16.1. The van der Waals surface area contributed by atoms with E-state index in [4.69, 9.17) is 42.6 Å². The molecule has 0 heterocycles. The number of ether oxygens (including phenoxy) is 9. The molecule has 0 amide bonds. The van der Waals surface area contributed by atoms with Crippen LogP contribution in [0, 0.1) is 0 Å². The molecule has 0 atom stereocenters. The summed E-state index contributed by atoms with van der Waals surface area (Å²) in [7, 11) is 0. The molecule has 4 aromatic carbocycles. The van der Waals surface area contributed by atoms with Crippen molar-refractivity contribution in [2.45, 2.75) is 120 Å². The average molecular weight is 907 g/mol. The van der Waals surface area contributed by atoms with Crippen molar-refractivity contribution in [2.24, 2.45) is 0 Å². The fourth-order valence-electron chi connectivity index (χ4n) is 6.60. The van der Waals surface area contributed by atoms with E-state index in [1.54, 1.807) is 0 Å². The van der Waals surface area contributed by atoms with Crippen LogP contribution in [0.15, 0.2) is 54.6 Å². The minimum atomic E-state index is 0.574. The van der Waals surface area contributed by atoms with Crippen molar-refractivity contribution >= 4 is 36.5 Å². The maximum atomic E-state index is 6.25. The van der Waals surface area contributed by atoms with Crippen molar-refractivity contribution in [1.82, 2.24) is 0 Å². The summed E-state index contributed by atoms with van der Waals surface area (Å²) in [4.78, 5) is 0. The summed E-state index contributed by atoms with van der Waals surface area (Å²) in [6.45, 7) is 24.1. The molecule has 66 heavy (non-hydrogen) atoms. The van der Waals surface area contributed by atoms with Gasteiger partial charge in [0.25, 0.3) is 0 Å². The van der Waals surface area contributed by atoms with E-state index in [9.17, 15) is 0 Å². The van der Waals surface area contributed by atoms with Crippen LogP contribution in [0.3, 0.4) is 0 Å². The Hall–Kier alpha value is -5.70. The van der Waals surface area contributed by atoms with Crippen molar-refractivity contribution in [2.75, 3.05) is 59.5 Å². The first-order chi connectivity index (χ1) is 32.3. The molecule has 0 bridgehead atoms. The van der Waals surface area contributed by atoms with E-state index in [-0.39, 0.29) is 0 Å². The van der Waals surface area contributed by atoms with Gasteiger partial charge in [0, 0.05) is 0 Å². The molecule has 0 aromatic heterocycles. The zero-order valence-electron chi connectivity index (χ0n) is 41.6. The van der Waals surface area contributed by atoms with E-state index in [0.717, 1.165) is 91.2 Å². The Bertz CT molecular complexity index is 1780. The fraction of sp³-hybridized carbons (Fsp3) is 0.474. The molecule has 9 nitrogen and oxygen atoms in total. The van der Waals surface area contributed by atoms with Crippen LogP contribution in [0.25, 0.3) is 36.5 Å². The van der Waals surface area contributed by atoms with Gasteiger partial charge in [0.2, 0.25) is 17.2 Å². The summed E-state index contributed by atoms with van der Waals surface area (Å²) in [6.07, 6.45) is 20.6. The largest absolute Gasteiger partial charge is 0.490 e. The third-order valence-corrected chi connectivity index (χ3v) is 9.66. The van der Waals surface area contributed by atoms with Gasteiger partial charge in [-0.15, -0.1) is 0 Å². The van der Waals surface area contributed by atoms with Crippen molar-refractivity contribution < 1.29 is 42.6 Å². The number of benzene rings is 4. The van der Waals surface area contributed by atoms with Crippen LogP contribution in [-0.4, -0.2) is 59.5 Å². The molecule has 0 saturated carbocycles. The van der Waals surface area contributed by atoms with Crippen LogP contribution < -0.4 is 42.6 Å². The SMILES string of the molecule is CCCOc1cc(/C=C/c2cc(/C=C/c3cc(OCCC)c(OCCC)c(OCCC)c3)cc(/C=C/c3cc(OCCC)c(OCCC)c(OCCC)c3)c2)cc(OCCC)c1OCCC. The molecule has 0 unspecified atom stereocenters. The molecule has 0 aliphatic rings. The highest BCUT2D eigenvalue weighted by atomic mass is 16.6. The lowest BCUT2D eigenvalue weighted by Gasteiger charge is -2.18. The van der Waals surface area contributed by atoms with Gasteiger partial charge in [0.1, 0.15) is 0 Å². The lowest BCUT2D eigenvalue weighted by molar-refractivity contribution is 0.243. The third-order valence-electron chi connectivity index (χ3n) is 9.66. The molecule has 0 aliphatic heterocycles. The molecule has 360 valence electrons. The standard InChI is InChI=1S/C57H78O9/c1-10-25-58-49-37-46(38-50(59-26-11-2)55(49)64-31-16-7)22-19-43-34-44(20-23-47-39-51(60-27-12-3)56(65-32-17-8)52(40-47)61-28-13-4)36-45(35-43)21-24-48-41-53(62-29-14-5)57(66-33-18-9)54(42-48)63-30-15-6/h19-24,34-42H,10-18,25-33H2,1-9H3/b22-19+,23-20+,24-21+. The predicted molar refractivity (Wildman–Crippen MR) is 275 cm³/mol. The summed E-state index contributed by atoms with van der Waals surface area (Å²) >= 11 is 0. The summed E-state index contributed by atoms with van der Waals surface area (Å²) in [6, 6.07) is 18.8. The van der Waals surface area contributed by atoms with Gasteiger partial charge in [-0.05, 0) is 146 Å². The summed E-state index contributed by atoms with van der Waals surface area (Å²) in [5.41, 5.74) is 5.88. The summed E-state index contributed by atoms with van der Waals surface area (Å²) in [5.74, 6) is 6.08. The Morgan fingerprint density at radius 2 is 0.379 bits per heavy atom. The second kappa shape index (κ2) is 30.5. The lowest BCUT2D eigenvalue weighted by Crippen LogP contribution is -2.05. The highest BCUT2D eigenvalue weighted by Gasteiger charge is 2.18. The predicted octanol–water partition coefficient (Wildman–Crippen LogP) is 15.3. The molecule has 4 aromatic rings. The Kier molecular flexibility index (Phi) is 24.5. The van der Waals surface area contributed by atoms with Gasteiger partial charge in [-0.3, -0.25) is 0 Å². The number of hydrogen-bond donors (Lipinski definition) is 0. The zero-order chi connectivity index (χ0) is 47.4. The molecule has 9 heteroatoms. The normalized spacial score (nSPS) is 11.4. The van der Waals surface area contributed by atoms with E-state index in [1.807, 2.05) is 36.4 Å². The minimum Gasteiger partial charge on any atom is -0.490 e. The first-order valence-electron chi connectivity index (χ1n) is 24.7. The first-order valence-corrected chi connectivity index (χ1v) is 24.7. The highest BCUT2D eigenvalue weighted by molar-refractivity contribution is 5.80. The molecule has 0 saturated heterocycles. The van der Waals surface area contributed by atoms with Crippen molar-refractivity contribution in [3.63, 3.8) is 0 Å². The van der Waals surface area contributed by atoms with Crippen LogP contribution in [0.5, 0.6) is 51.7 Å². The number of hydrogen-bond acceptors (Lipinski definition) is 9. The Morgan fingerprint density at radius 1 is 0.227 bits per heavy atom.